The summed E-state index contributed by atoms with van der Waals surface area (Å²) in [5.74, 6) is 0. The van der Waals surface area contributed by atoms with E-state index in [1.807, 2.05) is 153 Å². The first-order valence-corrected chi connectivity index (χ1v) is 20.3. The molecule has 0 spiro atoms. The first-order valence-electron chi connectivity index (χ1n) is 13.5. The maximum atomic E-state index is 14.8. The molecule has 0 aromatic heterocycles. The summed E-state index contributed by atoms with van der Waals surface area (Å²) in [6.45, 7) is 4.02. The lowest BCUT2D eigenvalue weighted by Gasteiger charge is -2.21. The molecule has 206 valence electrons. The van der Waals surface area contributed by atoms with E-state index in [0.29, 0.717) is 0 Å². The molecular weight excluding hydrogens is 653 g/mol. The summed E-state index contributed by atoms with van der Waals surface area (Å²) in [6.07, 6.45) is 2.05. The lowest BCUT2D eigenvalue weighted by Crippen LogP contribution is -2.25. The second-order valence-corrected chi connectivity index (χ2v) is 17.7. The van der Waals surface area contributed by atoms with Gasteiger partial charge in [0.05, 0.1) is 0 Å². The fourth-order valence-electron chi connectivity index (χ4n) is 5.02. The molecule has 2 unspecified atom stereocenters. The Kier molecular flexibility index (Phi) is 9.19. The monoisotopic (exact) mass is 686 g/mol. The van der Waals surface area contributed by atoms with E-state index in [1.54, 1.807) is 0 Å². The van der Waals surface area contributed by atoms with Crippen LogP contribution in [0.15, 0.2) is 145 Å². The highest BCUT2D eigenvalue weighted by Crippen LogP contribution is 2.51. The molecule has 0 aliphatic rings. The molecule has 5 aromatic rings. The normalized spacial score (nSPS) is 15.0. The van der Waals surface area contributed by atoms with Crippen LogP contribution in [0, 0.1) is 6.92 Å². The van der Waals surface area contributed by atoms with Crippen LogP contribution in [-0.4, -0.2) is 8.94 Å². The molecule has 0 bridgehead atoms. The molecule has 0 radical (unpaired) electrons. The lowest BCUT2D eigenvalue weighted by molar-refractivity contribution is 0.590. The Hall–Kier alpha value is -3.10. The van der Waals surface area contributed by atoms with Crippen molar-refractivity contribution in [3.05, 3.63) is 150 Å². The Morgan fingerprint density at radius 3 is 1.44 bits per heavy atom. The van der Waals surface area contributed by atoms with Gasteiger partial charge in [-0.2, -0.15) is 0 Å². The van der Waals surface area contributed by atoms with E-state index in [0.717, 1.165) is 48.5 Å². The van der Waals surface area contributed by atoms with Gasteiger partial charge in [0.15, 0.2) is 14.3 Å². The van der Waals surface area contributed by atoms with E-state index in [2.05, 4.69) is 8.94 Å². The van der Waals surface area contributed by atoms with Crippen molar-refractivity contribution in [1.82, 2.24) is 0 Å². The van der Waals surface area contributed by atoms with Crippen molar-refractivity contribution < 1.29 is 9.13 Å². The Balaban J connectivity index is 1.52. The summed E-state index contributed by atoms with van der Waals surface area (Å²) < 4.78 is 31.5. The van der Waals surface area contributed by atoms with Crippen LogP contribution in [0.4, 0.5) is 0 Å². The molecule has 0 saturated carbocycles. The van der Waals surface area contributed by atoms with Gasteiger partial charge < -0.3 is 9.13 Å². The standard InChI is InChI=1S/C36H33IO2P2/c1-28-14-20-35(21-15-28)41(39,33-12-8-5-9-13-33)36-24-18-31(19-25-36)30-16-22-34(23-17-30)40(38,29(2)26-27-37-3)32-10-6-4-7-11-32/h4-27H,1-3H3/b29-26+. The topological polar surface area (TPSA) is 34.1 Å². The van der Waals surface area contributed by atoms with Gasteiger partial charge in [0.2, 0.25) is 0 Å². The molecule has 0 fully saturated rings. The molecule has 0 aliphatic heterocycles. The fraction of sp³-hybridized carbons (Fsp3) is 0.0833. The Bertz CT molecular complexity index is 1770. The summed E-state index contributed by atoms with van der Waals surface area (Å²) in [5, 5.41) is 5.03. The first kappa shape index (κ1) is 29.4. The summed E-state index contributed by atoms with van der Waals surface area (Å²) in [5.41, 5.74) is 3.19. The maximum Gasteiger partial charge on any atom is 0.171 e. The number of hydrogen-bond acceptors (Lipinski definition) is 2. The minimum Gasteiger partial charge on any atom is -0.309 e. The van der Waals surface area contributed by atoms with Gasteiger partial charge in [-0.1, -0.05) is 139 Å². The van der Waals surface area contributed by atoms with Crippen LogP contribution in [0.2, 0.25) is 0 Å². The van der Waals surface area contributed by atoms with Crippen LogP contribution in [0.25, 0.3) is 11.1 Å². The Labute approximate surface area is 253 Å². The second kappa shape index (κ2) is 12.8. The molecule has 0 heterocycles. The van der Waals surface area contributed by atoms with Crippen molar-refractivity contribution in [1.29, 1.82) is 0 Å². The molecule has 2 atom stereocenters. The van der Waals surface area contributed by atoms with Crippen molar-refractivity contribution >= 4 is 65.5 Å². The van der Waals surface area contributed by atoms with Crippen LogP contribution >= 0.6 is 35.0 Å². The van der Waals surface area contributed by atoms with Crippen LogP contribution in [0.5, 0.6) is 0 Å². The average molecular weight is 687 g/mol. The Morgan fingerprint density at radius 1 is 0.561 bits per heavy atom. The van der Waals surface area contributed by atoms with E-state index in [-0.39, 0.29) is 20.7 Å². The van der Waals surface area contributed by atoms with E-state index in [1.165, 1.54) is 0 Å². The molecule has 5 rings (SSSR count). The van der Waals surface area contributed by atoms with E-state index in [4.69, 9.17) is 0 Å². The van der Waals surface area contributed by atoms with E-state index in [9.17, 15) is 9.13 Å². The minimum absolute atomic E-state index is 0.0369. The van der Waals surface area contributed by atoms with Gasteiger partial charge in [-0.15, -0.1) is 20.7 Å². The molecule has 0 amide bonds. The Morgan fingerprint density at radius 2 is 0.951 bits per heavy atom. The minimum atomic E-state index is -3.04. The van der Waals surface area contributed by atoms with Crippen molar-refractivity contribution in [3.63, 3.8) is 0 Å². The highest BCUT2D eigenvalue weighted by atomic mass is 127. The maximum absolute atomic E-state index is 14.8. The molecule has 5 aromatic carbocycles. The van der Waals surface area contributed by atoms with Crippen molar-refractivity contribution in [3.8, 4) is 11.1 Å². The number of alkyl halides is 1. The van der Waals surface area contributed by atoms with Gasteiger partial charge in [-0.3, -0.25) is 0 Å². The zero-order valence-corrected chi connectivity index (χ0v) is 27.4. The van der Waals surface area contributed by atoms with Crippen LogP contribution < -0.4 is 26.5 Å². The van der Waals surface area contributed by atoms with Gasteiger partial charge in [0, 0.05) is 26.5 Å². The third kappa shape index (κ3) is 5.95. The second-order valence-electron chi connectivity index (χ2n) is 9.97. The quantitative estimate of drug-likeness (QED) is 0.0945. The molecule has 0 aliphatic carbocycles. The predicted octanol–water partition coefficient (Wildman–Crippen LogP) is 7.92. The molecular formula is C36H33IO2P2. The van der Waals surface area contributed by atoms with Gasteiger partial charge in [0.1, 0.15) is 0 Å². The van der Waals surface area contributed by atoms with Crippen molar-refractivity contribution in [2.24, 2.45) is 0 Å². The van der Waals surface area contributed by atoms with Crippen LogP contribution in [0.1, 0.15) is 12.5 Å². The summed E-state index contributed by atoms with van der Waals surface area (Å²) >= 11 is -0.0369. The van der Waals surface area contributed by atoms with Gasteiger partial charge in [0.25, 0.3) is 0 Å². The number of hydrogen-bond donors (Lipinski definition) is 0. The average Bonchev–Trinajstić information content (AvgIpc) is 3.04. The number of rotatable bonds is 8. The molecule has 41 heavy (non-hydrogen) atoms. The highest BCUT2D eigenvalue weighted by molar-refractivity contribution is 14.2. The predicted molar refractivity (Wildman–Crippen MR) is 189 cm³/mol. The number of benzene rings is 5. The third-order valence-electron chi connectivity index (χ3n) is 7.36. The number of allylic oxidation sites excluding steroid dienone is 2. The summed E-state index contributed by atoms with van der Waals surface area (Å²) in [4.78, 5) is 2.19. The lowest BCUT2D eigenvalue weighted by atomic mass is 10.1. The number of aryl methyl sites for hydroxylation is 1. The van der Waals surface area contributed by atoms with Gasteiger partial charge in [-0.25, -0.2) is 0 Å². The zero-order valence-electron chi connectivity index (χ0n) is 23.4. The van der Waals surface area contributed by atoms with Gasteiger partial charge in [-0.05, 0) is 45.3 Å². The molecule has 0 saturated heterocycles. The van der Waals surface area contributed by atoms with E-state index >= 15 is 0 Å². The summed E-state index contributed by atoms with van der Waals surface area (Å²) in [6, 6.07) is 43.7. The molecule has 5 heteroatoms. The van der Waals surface area contributed by atoms with Gasteiger partial charge >= 0.3 is 0 Å². The van der Waals surface area contributed by atoms with Crippen LogP contribution in [0.3, 0.4) is 0 Å². The third-order valence-corrected chi connectivity index (χ3v) is 14.7. The number of halogens is 1. The fourth-order valence-corrected chi connectivity index (χ4v) is 11.4. The largest absolute Gasteiger partial charge is 0.309 e. The van der Waals surface area contributed by atoms with Crippen LogP contribution in [-0.2, 0) is 9.13 Å². The first-order chi connectivity index (χ1) is 19.9. The van der Waals surface area contributed by atoms with Crippen molar-refractivity contribution in [2.45, 2.75) is 13.8 Å². The van der Waals surface area contributed by atoms with Crippen molar-refractivity contribution in [2.75, 3.05) is 4.93 Å². The zero-order chi connectivity index (χ0) is 28.9. The smallest absolute Gasteiger partial charge is 0.171 e. The summed E-state index contributed by atoms with van der Waals surface area (Å²) in [7, 11) is -5.98. The highest BCUT2D eigenvalue weighted by Gasteiger charge is 2.30. The molecule has 0 N–H and O–H groups in total. The molecule has 2 nitrogen and oxygen atoms in total. The van der Waals surface area contributed by atoms with E-state index < -0.39 is 14.3 Å². The SMILES string of the molecule is CI=C/C=C(\C)P(=O)(c1ccccc1)c1ccc(-c2ccc(P(=O)(c3ccccc3)c3ccc(C)cc3)cc2)cc1.